The Labute approximate surface area is 152 Å². The summed E-state index contributed by atoms with van der Waals surface area (Å²) in [6.45, 7) is 5.57. The zero-order chi connectivity index (χ0) is 17.1. The predicted molar refractivity (Wildman–Crippen MR) is 104 cm³/mol. The smallest absolute Gasteiger partial charge is 0.193 e. The van der Waals surface area contributed by atoms with Gasteiger partial charge in [-0.15, -0.1) is 0 Å². The standard InChI is InChI=1S/C18H25N5OS/c1-19-16(23-10-6-18(12-23)7-11-24-13-18)20-8-9-21-17-22-14-4-2-3-5-15(14)25-17/h2-5H,6-13H2,1H3,(H,19,20)(H,21,22). The van der Waals surface area contributed by atoms with Gasteiger partial charge in [-0.3, -0.25) is 4.99 Å². The normalized spacial score (nSPS) is 23.7. The first kappa shape index (κ1) is 16.6. The molecular formula is C18H25N5OS. The quantitative estimate of drug-likeness (QED) is 0.499. The van der Waals surface area contributed by atoms with Crippen molar-refractivity contribution >= 4 is 32.6 Å². The van der Waals surface area contributed by atoms with Crippen molar-refractivity contribution in [2.45, 2.75) is 12.8 Å². The van der Waals surface area contributed by atoms with Crippen LogP contribution in [0.3, 0.4) is 0 Å². The summed E-state index contributed by atoms with van der Waals surface area (Å²) in [5, 5.41) is 7.85. The molecule has 134 valence electrons. The Hall–Kier alpha value is -1.86. The maximum atomic E-state index is 5.61. The Kier molecular flexibility index (Phi) is 4.76. The van der Waals surface area contributed by atoms with Crippen LogP contribution in [-0.4, -0.2) is 62.3 Å². The number of anilines is 1. The van der Waals surface area contributed by atoms with E-state index in [9.17, 15) is 0 Å². The third kappa shape index (κ3) is 3.57. The Bertz CT molecular complexity index is 720. The molecule has 1 spiro atoms. The van der Waals surface area contributed by atoms with E-state index in [0.717, 1.165) is 56.0 Å². The molecule has 1 aromatic heterocycles. The van der Waals surface area contributed by atoms with Gasteiger partial charge in [0.2, 0.25) is 0 Å². The van der Waals surface area contributed by atoms with Crippen molar-refractivity contribution in [1.82, 2.24) is 15.2 Å². The fraction of sp³-hybridized carbons (Fsp3) is 0.556. The van der Waals surface area contributed by atoms with Gasteiger partial charge in [-0.05, 0) is 25.0 Å². The molecule has 0 radical (unpaired) electrons. The zero-order valence-corrected chi connectivity index (χ0v) is 15.4. The summed E-state index contributed by atoms with van der Waals surface area (Å²) in [5.74, 6) is 0.995. The van der Waals surface area contributed by atoms with Gasteiger partial charge < -0.3 is 20.3 Å². The Morgan fingerprint density at radius 1 is 1.36 bits per heavy atom. The molecule has 4 rings (SSSR count). The van der Waals surface area contributed by atoms with Gasteiger partial charge in [-0.1, -0.05) is 23.5 Å². The van der Waals surface area contributed by atoms with Gasteiger partial charge in [0.1, 0.15) is 0 Å². The highest BCUT2D eigenvalue weighted by Gasteiger charge is 2.42. The largest absolute Gasteiger partial charge is 0.381 e. The molecule has 2 fully saturated rings. The molecular weight excluding hydrogens is 334 g/mol. The van der Waals surface area contributed by atoms with Gasteiger partial charge >= 0.3 is 0 Å². The number of ether oxygens (including phenoxy) is 1. The van der Waals surface area contributed by atoms with E-state index >= 15 is 0 Å². The fourth-order valence-corrected chi connectivity index (χ4v) is 4.60. The van der Waals surface area contributed by atoms with Crippen LogP contribution >= 0.6 is 11.3 Å². The SMILES string of the molecule is CN=C(NCCNc1nc2ccccc2s1)N1CCC2(CCOC2)C1. The van der Waals surface area contributed by atoms with Gasteiger partial charge in [-0.2, -0.15) is 0 Å². The minimum Gasteiger partial charge on any atom is -0.381 e. The molecule has 25 heavy (non-hydrogen) atoms. The highest BCUT2D eigenvalue weighted by molar-refractivity contribution is 7.22. The summed E-state index contributed by atoms with van der Waals surface area (Å²) in [4.78, 5) is 11.4. The van der Waals surface area contributed by atoms with Crippen LogP contribution in [0.2, 0.25) is 0 Å². The summed E-state index contributed by atoms with van der Waals surface area (Å²) < 4.78 is 6.83. The van der Waals surface area contributed by atoms with Crippen LogP contribution in [0.15, 0.2) is 29.3 Å². The number of para-hydroxylation sites is 1. The number of hydrogen-bond acceptors (Lipinski definition) is 5. The summed E-state index contributed by atoms with van der Waals surface area (Å²) >= 11 is 1.70. The van der Waals surface area contributed by atoms with E-state index in [1.807, 2.05) is 25.2 Å². The van der Waals surface area contributed by atoms with Crippen LogP contribution in [0.25, 0.3) is 10.2 Å². The van der Waals surface area contributed by atoms with Crippen LogP contribution in [0.1, 0.15) is 12.8 Å². The van der Waals surface area contributed by atoms with Crippen LogP contribution < -0.4 is 10.6 Å². The topological polar surface area (TPSA) is 61.8 Å². The third-order valence-electron chi connectivity index (χ3n) is 5.11. The lowest BCUT2D eigenvalue weighted by molar-refractivity contribution is 0.156. The number of benzene rings is 1. The molecule has 1 unspecified atom stereocenters. The van der Waals surface area contributed by atoms with E-state index in [4.69, 9.17) is 4.74 Å². The lowest BCUT2D eigenvalue weighted by Gasteiger charge is -2.24. The van der Waals surface area contributed by atoms with E-state index in [1.165, 1.54) is 17.5 Å². The second-order valence-electron chi connectivity index (χ2n) is 6.86. The van der Waals surface area contributed by atoms with E-state index < -0.39 is 0 Å². The van der Waals surface area contributed by atoms with Gasteiger partial charge in [0, 0.05) is 45.2 Å². The van der Waals surface area contributed by atoms with Crippen LogP contribution in [0, 0.1) is 5.41 Å². The first-order valence-electron chi connectivity index (χ1n) is 8.91. The van der Waals surface area contributed by atoms with E-state index in [-0.39, 0.29) is 0 Å². The Morgan fingerprint density at radius 3 is 3.08 bits per heavy atom. The number of likely N-dealkylation sites (tertiary alicyclic amines) is 1. The minimum absolute atomic E-state index is 0.358. The summed E-state index contributed by atoms with van der Waals surface area (Å²) in [6.07, 6.45) is 2.39. The Morgan fingerprint density at radius 2 is 2.28 bits per heavy atom. The van der Waals surface area contributed by atoms with Crippen molar-refractivity contribution in [3.05, 3.63) is 24.3 Å². The molecule has 0 saturated carbocycles. The highest BCUT2D eigenvalue weighted by Crippen LogP contribution is 2.38. The fourth-order valence-electron chi connectivity index (χ4n) is 3.71. The van der Waals surface area contributed by atoms with Crippen LogP contribution in [0.4, 0.5) is 5.13 Å². The second-order valence-corrected chi connectivity index (χ2v) is 7.89. The molecule has 6 nitrogen and oxygen atoms in total. The van der Waals surface area contributed by atoms with Crippen LogP contribution in [-0.2, 0) is 4.74 Å². The average Bonchev–Trinajstić information content (AvgIpc) is 3.36. The first-order valence-corrected chi connectivity index (χ1v) is 9.72. The average molecular weight is 359 g/mol. The molecule has 2 aliphatic heterocycles. The summed E-state index contributed by atoms with van der Waals surface area (Å²) in [5.41, 5.74) is 1.41. The molecule has 0 aliphatic carbocycles. The molecule has 3 heterocycles. The molecule has 2 saturated heterocycles. The number of nitrogens with one attached hydrogen (secondary N) is 2. The number of aromatic nitrogens is 1. The molecule has 2 N–H and O–H groups in total. The molecule has 7 heteroatoms. The van der Waals surface area contributed by atoms with Crippen LogP contribution in [0.5, 0.6) is 0 Å². The van der Waals surface area contributed by atoms with Gasteiger partial charge in [0.15, 0.2) is 11.1 Å². The van der Waals surface area contributed by atoms with Gasteiger partial charge in [0.25, 0.3) is 0 Å². The second kappa shape index (κ2) is 7.17. The molecule has 0 bridgehead atoms. The highest BCUT2D eigenvalue weighted by atomic mass is 32.1. The number of fused-ring (bicyclic) bond motifs is 1. The third-order valence-corrected chi connectivity index (χ3v) is 6.11. The number of aliphatic imine (C=N–C) groups is 1. The first-order chi connectivity index (χ1) is 12.3. The van der Waals surface area contributed by atoms with Crippen molar-refractivity contribution in [2.75, 3.05) is 51.8 Å². The monoisotopic (exact) mass is 359 g/mol. The number of nitrogens with zero attached hydrogens (tertiary/aromatic N) is 3. The van der Waals surface area contributed by atoms with Gasteiger partial charge in [0.05, 0.1) is 16.8 Å². The molecule has 1 atom stereocenters. The van der Waals surface area contributed by atoms with Gasteiger partial charge in [-0.25, -0.2) is 4.98 Å². The van der Waals surface area contributed by atoms with Crippen molar-refractivity contribution < 1.29 is 4.74 Å². The van der Waals surface area contributed by atoms with E-state index in [0.29, 0.717) is 5.41 Å². The number of thiazole rings is 1. The summed E-state index contributed by atoms with van der Waals surface area (Å²) in [7, 11) is 1.86. The van der Waals surface area contributed by atoms with E-state index in [2.05, 4.69) is 31.6 Å². The Balaban J connectivity index is 1.26. The predicted octanol–water partition coefficient (Wildman–Crippen LogP) is 2.40. The van der Waals surface area contributed by atoms with Crippen molar-refractivity contribution in [1.29, 1.82) is 0 Å². The maximum Gasteiger partial charge on any atom is 0.193 e. The number of hydrogen-bond donors (Lipinski definition) is 2. The minimum atomic E-state index is 0.358. The maximum absolute atomic E-state index is 5.61. The molecule has 0 amide bonds. The summed E-state index contributed by atoms with van der Waals surface area (Å²) in [6, 6.07) is 8.23. The number of rotatable bonds is 4. The zero-order valence-electron chi connectivity index (χ0n) is 14.6. The lowest BCUT2D eigenvalue weighted by atomic mass is 9.87. The van der Waals surface area contributed by atoms with Crippen molar-refractivity contribution in [3.63, 3.8) is 0 Å². The molecule has 1 aromatic carbocycles. The van der Waals surface area contributed by atoms with Crippen molar-refractivity contribution in [2.24, 2.45) is 10.4 Å². The molecule has 2 aromatic rings. The number of guanidine groups is 1. The lowest BCUT2D eigenvalue weighted by Crippen LogP contribution is -2.43. The molecule has 2 aliphatic rings. The van der Waals surface area contributed by atoms with Crippen molar-refractivity contribution in [3.8, 4) is 0 Å². The van der Waals surface area contributed by atoms with E-state index in [1.54, 1.807) is 11.3 Å².